The minimum atomic E-state index is -1.22. The third-order valence-electron chi connectivity index (χ3n) is 3.19. The Morgan fingerprint density at radius 2 is 1.70 bits per heavy atom. The Morgan fingerprint density at radius 3 is 2.40 bits per heavy atom. The fourth-order valence-corrected chi connectivity index (χ4v) is 2.25. The molecule has 2 aromatic heterocycles. The zero-order chi connectivity index (χ0) is 14.1. The van der Waals surface area contributed by atoms with Crippen LogP contribution in [0.1, 0.15) is 10.4 Å². The van der Waals surface area contributed by atoms with Crippen molar-refractivity contribution in [2.24, 2.45) is 0 Å². The van der Waals surface area contributed by atoms with Gasteiger partial charge in [-0.3, -0.25) is 9.20 Å². The number of aromatic carboxylic acids is 1. The van der Waals surface area contributed by atoms with Crippen molar-refractivity contribution in [3.8, 4) is 11.1 Å². The monoisotopic (exact) mass is 265 g/mol. The summed E-state index contributed by atoms with van der Waals surface area (Å²) in [5, 5.41) is 9.18. The van der Waals surface area contributed by atoms with Gasteiger partial charge >= 0.3 is 5.97 Å². The van der Waals surface area contributed by atoms with Gasteiger partial charge in [-0.25, -0.2) is 4.79 Å². The molecule has 98 valence electrons. The highest BCUT2D eigenvalue weighted by Crippen LogP contribution is 2.24. The van der Waals surface area contributed by atoms with E-state index in [-0.39, 0.29) is 5.56 Å². The van der Waals surface area contributed by atoms with Gasteiger partial charge in [-0.15, -0.1) is 0 Å². The maximum atomic E-state index is 12.1. The Morgan fingerprint density at radius 1 is 1.00 bits per heavy atom. The molecule has 0 unspecified atom stereocenters. The smallest absolute Gasteiger partial charge is 0.341 e. The highest BCUT2D eigenvalue weighted by Gasteiger charge is 2.15. The summed E-state index contributed by atoms with van der Waals surface area (Å²) in [6.07, 6.45) is 1.58. The molecule has 0 saturated carbocycles. The average Bonchev–Trinajstić information content (AvgIpc) is 2.48. The summed E-state index contributed by atoms with van der Waals surface area (Å²) < 4.78 is 1.37. The SMILES string of the molecule is O=C(O)c1cc(-c2ccccc2)c2ccccn2c1=O. The zero-order valence-corrected chi connectivity index (χ0v) is 10.5. The van der Waals surface area contributed by atoms with Gasteiger partial charge in [0.05, 0.1) is 5.52 Å². The Balaban J connectivity index is 2.46. The molecule has 0 saturated heterocycles. The molecule has 0 atom stereocenters. The molecular formula is C16H11NO3. The lowest BCUT2D eigenvalue weighted by Gasteiger charge is -2.09. The van der Waals surface area contributed by atoms with Crippen LogP contribution in [-0.4, -0.2) is 15.5 Å². The van der Waals surface area contributed by atoms with E-state index in [2.05, 4.69) is 0 Å². The molecule has 0 bridgehead atoms. The molecule has 0 aliphatic rings. The summed E-state index contributed by atoms with van der Waals surface area (Å²) >= 11 is 0. The molecule has 4 nitrogen and oxygen atoms in total. The fraction of sp³-hybridized carbons (Fsp3) is 0. The summed E-state index contributed by atoms with van der Waals surface area (Å²) in [6, 6.07) is 16.2. The van der Waals surface area contributed by atoms with Crippen molar-refractivity contribution in [3.63, 3.8) is 0 Å². The number of carboxylic acids is 1. The van der Waals surface area contributed by atoms with Crippen molar-refractivity contribution >= 4 is 11.5 Å². The van der Waals surface area contributed by atoms with Crippen molar-refractivity contribution in [2.45, 2.75) is 0 Å². The van der Waals surface area contributed by atoms with E-state index >= 15 is 0 Å². The van der Waals surface area contributed by atoms with E-state index in [1.165, 1.54) is 10.5 Å². The van der Waals surface area contributed by atoms with E-state index in [0.29, 0.717) is 5.52 Å². The van der Waals surface area contributed by atoms with Gasteiger partial charge < -0.3 is 5.11 Å². The minimum Gasteiger partial charge on any atom is -0.477 e. The van der Waals surface area contributed by atoms with Crippen LogP contribution < -0.4 is 5.56 Å². The molecule has 3 aromatic rings. The molecule has 1 N–H and O–H groups in total. The normalized spacial score (nSPS) is 10.6. The standard InChI is InChI=1S/C16H11NO3/c18-15-13(16(19)20)10-12(11-6-2-1-3-7-11)14-8-4-5-9-17(14)15/h1-10H,(H,19,20). The fourth-order valence-electron chi connectivity index (χ4n) is 2.25. The summed E-state index contributed by atoms with van der Waals surface area (Å²) in [5.74, 6) is -1.22. The van der Waals surface area contributed by atoms with Gasteiger partial charge in [-0.05, 0) is 23.8 Å². The van der Waals surface area contributed by atoms with Crippen LogP contribution >= 0.6 is 0 Å². The van der Waals surface area contributed by atoms with Crippen LogP contribution in [0, 0.1) is 0 Å². The Bertz CT molecular complexity index is 850. The second-order valence-corrected chi connectivity index (χ2v) is 4.40. The third-order valence-corrected chi connectivity index (χ3v) is 3.19. The third kappa shape index (κ3) is 1.87. The van der Waals surface area contributed by atoms with Crippen LogP contribution in [0.5, 0.6) is 0 Å². The van der Waals surface area contributed by atoms with Crippen molar-refractivity contribution in [2.75, 3.05) is 0 Å². The first-order chi connectivity index (χ1) is 9.68. The van der Waals surface area contributed by atoms with E-state index < -0.39 is 11.5 Å². The summed E-state index contributed by atoms with van der Waals surface area (Å²) in [5.41, 5.74) is 1.54. The van der Waals surface area contributed by atoms with Crippen molar-refractivity contribution < 1.29 is 9.90 Å². The maximum absolute atomic E-state index is 12.1. The predicted octanol–water partition coefficient (Wildman–Crippen LogP) is 2.66. The first-order valence-electron chi connectivity index (χ1n) is 6.11. The number of aromatic nitrogens is 1. The lowest BCUT2D eigenvalue weighted by atomic mass is 10.0. The first-order valence-corrected chi connectivity index (χ1v) is 6.11. The minimum absolute atomic E-state index is 0.229. The van der Waals surface area contributed by atoms with Crippen LogP contribution in [0.25, 0.3) is 16.6 Å². The quantitative estimate of drug-likeness (QED) is 0.775. The molecular weight excluding hydrogens is 254 g/mol. The molecule has 1 aromatic carbocycles. The number of hydrogen-bond acceptors (Lipinski definition) is 2. The Hall–Kier alpha value is -2.88. The molecule has 20 heavy (non-hydrogen) atoms. The van der Waals surface area contributed by atoms with Crippen LogP contribution in [-0.2, 0) is 0 Å². The predicted molar refractivity (Wildman–Crippen MR) is 76.1 cm³/mol. The molecule has 0 aliphatic heterocycles. The molecule has 3 rings (SSSR count). The van der Waals surface area contributed by atoms with Gasteiger partial charge in [0.25, 0.3) is 5.56 Å². The number of pyridine rings is 2. The number of carboxylic acid groups (broad SMARTS) is 1. The van der Waals surface area contributed by atoms with Crippen molar-refractivity contribution in [1.82, 2.24) is 4.40 Å². The van der Waals surface area contributed by atoms with Gasteiger partial charge in [0.15, 0.2) is 0 Å². The lowest BCUT2D eigenvalue weighted by molar-refractivity contribution is 0.0695. The van der Waals surface area contributed by atoms with E-state index in [0.717, 1.165) is 11.1 Å². The summed E-state index contributed by atoms with van der Waals surface area (Å²) in [4.78, 5) is 23.4. The number of rotatable bonds is 2. The van der Waals surface area contributed by atoms with Crippen LogP contribution in [0.3, 0.4) is 0 Å². The number of fused-ring (bicyclic) bond motifs is 1. The van der Waals surface area contributed by atoms with Gasteiger partial charge in [0.2, 0.25) is 0 Å². The number of nitrogens with zero attached hydrogens (tertiary/aromatic N) is 1. The van der Waals surface area contributed by atoms with Crippen LogP contribution in [0.4, 0.5) is 0 Å². The molecule has 2 heterocycles. The highest BCUT2D eigenvalue weighted by molar-refractivity contribution is 5.92. The first kappa shape index (κ1) is 12.2. The molecule has 0 amide bonds. The van der Waals surface area contributed by atoms with E-state index in [1.54, 1.807) is 18.3 Å². The lowest BCUT2D eigenvalue weighted by Crippen LogP contribution is -2.22. The summed E-state index contributed by atoms with van der Waals surface area (Å²) in [7, 11) is 0. The average molecular weight is 265 g/mol. The van der Waals surface area contributed by atoms with E-state index in [4.69, 9.17) is 0 Å². The molecule has 0 fully saturated rings. The van der Waals surface area contributed by atoms with E-state index in [1.807, 2.05) is 36.4 Å². The topological polar surface area (TPSA) is 58.8 Å². The molecule has 0 spiro atoms. The number of carbonyl (C=O) groups is 1. The highest BCUT2D eigenvalue weighted by atomic mass is 16.4. The largest absolute Gasteiger partial charge is 0.477 e. The molecule has 0 aliphatic carbocycles. The maximum Gasteiger partial charge on any atom is 0.341 e. The molecule has 0 radical (unpaired) electrons. The molecule has 4 heteroatoms. The van der Waals surface area contributed by atoms with Crippen molar-refractivity contribution in [1.29, 1.82) is 0 Å². The van der Waals surface area contributed by atoms with Crippen molar-refractivity contribution in [3.05, 3.63) is 76.7 Å². The van der Waals surface area contributed by atoms with Crippen LogP contribution in [0.15, 0.2) is 65.6 Å². The summed E-state index contributed by atoms with van der Waals surface area (Å²) in [6.45, 7) is 0. The Labute approximate surface area is 114 Å². The van der Waals surface area contributed by atoms with Gasteiger partial charge in [0, 0.05) is 11.8 Å². The van der Waals surface area contributed by atoms with Gasteiger partial charge in [-0.2, -0.15) is 0 Å². The van der Waals surface area contributed by atoms with Crippen LogP contribution in [0.2, 0.25) is 0 Å². The van der Waals surface area contributed by atoms with E-state index in [9.17, 15) is 14.7 Å². The second-order valence-electron chi connectivity index (χ2n) is 4.40. The van der Waals surface area contributed by atoms with Gasteiger partial charge in [0.1, 0.15) is 5.56 Å². The van der Waals surface area contributed by atoms with Gasteiger partial charge in [-0.1, -0.05) is 36.4 Å². The Kier molecular flexibility index (Phi) is 2.84. The number of hydrogen-bond donors (Lipinski definition) is 1. The zero-order valence-electron chi connectivity index (χ0n) is 10.5. The second kappa shape index (κ2) is 4.66. The number of benzene rings is 1.